The van der Waals surface area contributed by atoms with E-state index < -0.39 is 0 Å². The Kier molecular flexibility index (Phi) is 5.20. The average molecular weight is 391 g/mol. The van der Waals surface area contributed by atoms with Gasteiger partial charge >= 0.3 is 0 Å². The quantitative estimate of drug-likeness (QED) is 0.684. The normalized spacial score (nSPS) is 14.2. The van der Waals surface area contributed by atoms with Crippen molar-refractivity contribution in [3.05, 3.63) is 65.5 Å². The first-order valence-electron chi connectivity index (χ1n) is 9.73. The van der Waals surface area contributed by atoms with Gasteiger partial charge in [0, 0.05) is 31.9 Å². The van der Waals surface area contributed by atoms with E-state index in [1.54, 1.807) is 18.0 Å². The molecule has 0 aliphatic carbocycles. The molecule has 2 aromatic carbocycles. The zero-order valence-corrected chi connectivity index (χ0v) is 17.0. The first kappa shape index (κ1) is 19.0. The number of nitrogens with zero attached hydrogens (tertiary/aromatic N) is 5. The predicted octanol–water partition coefficient (Wildman–Crippen LogP) is 2.86. The molecule has 7 nitrogen and oxygen atoms in total. The summed E-state index contributed by atoms with van der Waals surface area (Å²) in [5.41, 5.74) is 4.82. The maximum absolute atomic E-state index is 12.9. The van der Waals surface area contributed by atoms with Crippen LogP contribution in [0.3, 0.4) is 0 Å². The third-order valence-corrected chi connectivity index (χ3v) is 5.47. The van der Waals surface area contributed by atoms with Crippen LogP contribution in [0.1, 0.15) is 21.6 Å². The van der Waals surface area contributed by atoms with E-state index in [1.807, 2.05) is 47.4 Å². The van der Waals surface area contributed by atoms with Crippen LogP contribution in [0.15, 0.2) is 48.7 Å². The highest BCUT2D eigenvalue weighted by atomic mass is 16.5. The Morgan fingerprint density at radius 1 is 0.931 bits per heavy atom. The summed E-state index contributed by atoms with van der Waals surface area (Å²) >= 11 is 0. The second-order valence-electron chi connectivity index (χ2n) is 7.29. The van der Waals surface area contributed by atoms with Gasteiger partial charge in [-0.2, -0.15) is 0 Å². The van der Waals surface area contributed by atoms with E-state index in [9.17, 15) is 4.79 Å². The molecule has 7 heteroatoms. The Hall–Kier alpha value is -3.35. The summed E-state index contributed by atoms with van der Waals surface area (Å²) < 4.78 is 6.87. The first-order valence-corrected chi connectivity index (χ1v) is 9.73. The van der Waals surface area contributed by atoms with E-state index in [1.165, 1.54) is 11.1 Å². The molecular weight excluding hydrogens is 366 g/mol. The highest BCUT2D eigenvalue weighted by Crippen LogP contribution is 2.21. The summed E-state index contributed by atoms with van der Waals surface area (Å²) in [6, 6.07) is 14.1. The minimum Gasteiger partial charge on any atom is -0.497 e. The van der Waals surface area contributed by atoms with Crippen molar-refractivity contribution in [3.8, 4) is 11.4 Å². The van der Waals surface area contributed by atoms with Gasteiger partial charge in [-0.1, -0.05) is 11.3 Å². The molecule has 1 fully saturated rings. The van der Waals surface area contributed by atoms with E-state index >= 15 is 0 Å². The summed E-state index contributed by atoms with van der Waals surface area (Å²) in [5, 5.41) is 8.26. The number of methoxy groups -OCH3 is 1. The molecular formula is C22H25N5O2. The van der Waals surface area contributed by atoms with Crippen molar-refractivity contribution in [3.63, 3.8) is 0 Å². The molecule has 0 atom stereocenters. The lowest BCUT2D eigenvalue weighted by atomic mass is 10.1. The summed E-state index contributed by atoms with van der Waals surface area (Å²) in [7, 11) is 1.66. The van der Waals surface area contributed by atoms with Gasteiger partial charge in [-0.15, -0.1) is 5.10 Å². The minimum absolute atomic E-state index is 0.0746. The number of anilines is 1. The fraction of sp³-hybridized carbons (Fsp3) is 0.318. The predicted molar refractivity (Wildman–Crippen MR) is 112 cm³/mol. The SMILES string of the molecule is COc1ccc(N2CCN(C(=O)c3cn(-c4ccc(C)c(C)c4)nn3)CC2)cc1. The van der Waals surface area contributed by atoms with Gasteiger partial charge in [0.1, 0.15) is 5.75 Å². The van der Waals surface area contributed by atoms with Crippen LogP contribution < -0.4 is 9.64 Å². The molecule has 150 valence electrons. The lowest BCUT2D eigenvalue weighted by Crippen LogP contribution is -2.48. The third-order valence-electron chi connectivity index (χ3n) is 5.47. The van der Waals surface area contributed by atoms with Gasteiger partial charge in [0.25, 0.3) is 5.91 Å². The second-order valence-corrected chi connectivity index (χ2v) is 7.29. The van der Waals surface area contributed by atoms with Gasteiger partial charge < -0.3 is 14.5 Å². The van der Waals surface area contributed by atoms with Crippen LogP contribution >= 0.6 is 0 Å². The number of carbonyl (C=O) groups is 1. The number of aromatic nitrogens is 3. The third kappa shape index (κ3) is 3.94. The van der Waals surface area contributed by atoms with E-state index in [-0.39, 0.29) is 5.91 Å². The Bertz CT molecular complexity index is 1000. The van der Waals surface area contributed by atoms with Gasteiger partial charge in [0.15, 0.2) is 5.69 Å². The molecule has 1 aliphatic heterocycles. The van der Waals surface area contributed by atoms with Crippen LogP contribution in [0, 0.1) is 13.8 Å². The van der Waals surface area contributed by atoms with Crippen LogP contribution in [-0.2, 0) is 0 Å². The van der Waals surface area contributed by atoms with E-state index in [0.717, 1.165) is 30.2 Å². The summed E-state index contributed by atoms with van der Waals surface area (Å²) in [6.45, 7) is 7.00. The lowest BCUT2D eigenvalue weighted by Gasteiger charge is -2.35. The molecule has 1 aliphatic rings. The number of hydrogen-bond donors (Lipinski definition) is 0. The Balaban J connectivity index is 1.40. The molecule has 29 heavy (non-hydrogen) atoms. The molecule has 0 bridgehead atoms. The largest absolute Gasteiger partial charge is 0.497 e. The number of ether oxygens (including phenoxy) is 1. The number of hydrogen-bond acceptors (Lipinski definition) is 5. The van der Waals surface area contributed by atoms with Crippen LogP contribution in [0.25, 0.3) is 5.69 Å². The van der Waals surface area contributed by atoms with Crippen LogP contribution in [0.2, 0.25) is 0 Å². The monoisotopic (exact) mass is 391 g/mol. The molecule has 1 amide bonds. The molecule has 1 aromatic heterocycles. The number of piperazine rings is 1. The zero-order chi connectivity index (χ0) is 20.4. The highest BCUT2D eigenvalue weighted by Gasteiger charge is 2.24. The number of aryl methyl sites for hydroxylation is 2. The van der Waals surface area contributed by atoms with Crippen molar-refractivity contribution in [2.24, 2.45) is 0 Å². The maximum Gasteiger partial charge on any atom is 0.276 e. The molecule has 2 heterocycles. The zero-order valence-electron chi connectivity index (χ0n) is 17.0. The molecule has 1 saturated heterocycles. The molecule has 0 N–H and O–H groups in total. The highest BCUT2D eigenvalue weighted by molar-refractivity contribution is 5.92. The Morgan fingerprint density at radius 3 is 2.28 bits per heavy atom. The van der Waals surface area contributed by atoms with Crippen molar-refractivity contribution in [2.75, 3.05) is 38.2 Å². The first-order chi connectivity index (χ1) is 14.0. The van der Waals surface area contributed by atoms with Gasteiger partial charge in [0.05, 0.1) is 19.0 Å². The number of rotatable bonds is 4. The van der Waals surface area contributed by atoms with Crippen molar-refractivity contribution >= 4 is 11.6 Å². The summed E-state index contributed by atoms with van der Waals surface area (Å²) in [6.07, 6.45) is 1.71. The van der Waals surface area contributed by atoms with Crippen molar-refractivity contribution in [1.29, 1.82) is 0 Å². The van der Waals surface area contributed by atoms with Crippen molar-refractivity contribution in [2.45, 2.75) is 13.8 Å². The number of benzene rings is 2. The van der Waals surface area contributed by atoms with Gasteiger partial charge in [-0.25, -0.2) is 4.68 Å². The molecule has 4 rings (SSSR count). The molecule has 0 unspecified atom stereocenters. The van der Waals surface area contributed by atoms with Crippen LogP contribution in [-0.4, -0.2) is 59.1 Å². The van der Waals surface area contributed by atoms with E-state index in [4.69, 9.17) is 4.74 Å². The van der Waals surface area contributed by atoms with E-state index in [0.29, 0.717) is 18.8 Å². The van der Waals surface area contributed by atoms with Gasteiger partial charge in [0.2, 0.25) is 0 Å². The average Bonchev–Trinajstić information content (AvgIpc) is 3.25. The fourth-order valence-electron chi connectivity index (χ4n) is 3.48. The van der Waals surface area contributed by atoms with Crippen molar-refractivity contribution < 1.29 is 9.53 Å². The topological polar surface area (TPSA) is 63.5 Å². The minimum atomic E-state index is -0.0746. The smallest absolute Gasteiger partial charge is 0.276 e. The Morgan fingerprint density at radius 2 is 1.62 bits per heavy atom. The summed E-state index contributed by atoms with van der Waals surface area (Å²) in [5.74, 6) is 0.767. The standard InChI is InChI=1S/C22H25N5O2/c1-16-4-5-19(14-17(16)2)27-15-21(23-24-27)22(28)26-12-10-25(11-13-26)18-6-8-20(29-3)9-7-18/h4-9,14-15H,10-13H2,1-3H3. The molecule has 0 saturated carbocycles. The number of amides is 1. The fourth-order valence-corrected chi connectivity index (χ4v) is 3.48. The Labute approximate surface area is 170 Å². The van der Waals surface area contributed by atoms with Crippen molar-refractivity contribution in [1.82, 2.24) is 19.9 Å². The summed E-state index contributed by atoms with van der Waals surface area (Å²) in [4.78, 5) is 17.0. The van der Waals surface area contributed by atoms with Gasteiger partial charge in [-0.3, -0.25) is 4.79 Å². The molecule has 0 radical (unpaired) electrons. The molecule has 0 spiro atoms. The number of carbonyl (C=O) groups excluding carboxylic acids is 1. The second kappa shape index (κ2) is 7.95. The van der Waals surface area contributed by atoms with Gasteiger partial charge in [-0.05, 0) is 61.4 Å². The van der Waals surface area contributed by atoms with Crippen LogP contribution in [0.4, 0.5) is 5.69 Å². The maximum atomic E-state index is 12.9. The molecule has 3 aromatic rings. The van der Waals surface area contributed by atoms with Crippen LogP contribution in [0.5, 0.6) is 5.75 Å². The lowest BCUT2D eigenvalue weighted by molar-refractivity contribution is 0.0741. The van der Waals surface area contributed by atoms with E-state index in [2.05, 4.69) is 29.1 Å².